The van der Waals surface area contributed by atoms with Gasteiger partial charge in [-0.2, -0.15) is 0 Å². The maximum atomic E-state index is 12.9. The van der Waals surface area contributed by atoms with Crippen LogP contribution >= 0.6 is 0 Å². The van der Waals surface area contributed by atoms with Gasteiger partial charge >= 0.3 is 6.03 Å². The summed E-state index contributed by atoms with van der Waals surface area (Å²) in [6, 6.07) is 10.6. The summed E-state index contributed by atoms with van der Waals surface area (Å²) >= 11 is 0. The van der Waals surface area contributed by atoms with Gasteiger partial charge < -0.3 is 15.1 Å². The van der Waals surface area contributed by atoms with E-state index in [0.29, 0.717) is 18.5 Å². The lowest BCUT2D eigenvalue weighted by Crippen LogP contribution is -2.53. The third-order valence-corrected chi connectivity index (χ3v) is 6.94. The number of carbonyl (C=O) groups excluding carboxylic acids is 2. The fourth-order valence-electron chi connectivity index (χ4n) is 5.16. The molecule has 6 heteroatoms. The number of imide groups is 1. The van der Waals surface area contributed by atoms with Crippen LogP contribution in [-0.2, 0) is 11.2 Å². The van der Waals surface area contributed by atoms with Gasteiger partial charge in [0.1, 0.15) is 6.04 Å². The van der Waals surface area contributed by atoms with Crippen LogP contribution in [0.15, 0.2) is 30.3 Å². The largest absolute Gasteiger partial charge is 0.325 e. The SMILES string of the molecule is CC(C)N1CCC(N2CCC(N3C(=O)NC(Cc4ccccc4)C3=O)CC2)CC1. The fourth-order valence-corrected chi connectivity index (χ4v) is 5.16. The zero-order chi connectivity index (χ0) is 20.4. The zero-order valence-corrected chi connectivity index (χ0v) is 17.7. The van der Waals surface area contributed by atoms with Gasteiger partial charge in [-0.25, -0.2) is 4.79 Å². The first-order valence-corrected chi connectivity index (χ1v) is 11.2. The molecule has 1 atom stereocenters. The highest BCUT2D eigenvalue weighted by Gasteiger charge is 2.43. The van der Waals surface area contributed by atoms with Crippen LogP contribution in [0.2, 0.25) is 0 Å². The second-order valence-corrected chi connectivity index (χ2v) is 9.03. The molecule has 1 aromatic rings. The van der Waals surface area contributed by atoms with Gasteiger partial charge in [-0.05, 0) is 58.2 Å². The van der Waals surface area contributed by atoms with E-state index in [-0.39, 0.29) is 18.0 Å². The molecule has 1 aromatic carbocycles. The van der Waals surface area contributed by atoms with E-state index in [1.54, 1.807) is 0 Å². The Bertz CT molecular complexity index is 707. The minimum Gasteiger partial charge on any atom is -0.325 e. The van der Waals surface area contributed by atoms with Gasteiger partial charge in [-0.15, -0.1) is 0 Å². The molecule has 1 unspecified atom stereocenters. The Hall–Kier alpha value is -1.92. The topological polar surface area (TPSA) is 55.9 Å². The Morgan fingerprint density at radius 3 is 2.17 bits per heavy atom. The molecule has 1 N–H and O–H groups in total. The molecule has 6 nitrogen and oxygen atoms in total. The molecule has 3 heterocycles. The zero-order valence-electron chi connectivity index (χ0n) is 17.7. The number of piperidine rings is 2. The second kappa shape index (κ2) is 8.84. The van der Waals surface area contributed by atoms with Crippen LogP contribution in [-0.4, -0.2) is 77.0 Å². The molecule has 29 heavy (non-hydrogen) atoms. The van der Waals surface area contributed by atoms with Crippen molar-refractivity contribution in [2.75, 3.05) is 26.2 Å². The molecule has 3 amide bonds. The molecule has 4 rings (SSSR count). The van der Waals surface area contributed by atoms with Gasteiger partial charge in [-0.1, -0.05) is 30.3 Å². The fraction of sp³-hybridized carbons (Fsp3) is 0.652. The molecule has 3 aliphatic heterocycles. The van der Waals surface area contributed by atoms with E-state index in [1.807, 2.05) is 30.3 Å². The van der Waals surface area contributed by atoms with Gasteiger partial charge in [0, 0.05) is 37.6 Å². The predicted octanol–water partition coefficient (Wildman–Crippen LogP) is 2.49. The summed E-state index contributed by atoms with van der Waals surface area (Å²) in [4.78, 5) is 32.1. The molecule has 0 radical (unpaired) electrons. The van der Waals surface area contributed by atoms with Crippen molar-refractivity contribution in [1.82, 2.24) is 20.0 Å². The van der Waals surface area contributed by atoms with E-state index >= 15 is 0 Å². The summed E-state index contributed by atoms with van der Waals surface area (Å²) in [6.45, 7) is 8.87. The lowest BCUT2D eigenvalue weighted by Gasteiger charge is -2.43. The number of hydrogen-bond acceptors (Lipinski definition) is 4. The summed E-state index contributed by atoms with van der Waals surface area (Å²) in [5.41, 5.74) is 1.08. The van der Waals surface area contributed by atoms with Gasteiger partial charge in [-0.3, -0.25) is 9.69 Å². The molecule has 3 saturated heterocycles. The van der Waals surface area contributed by atoms with Crippen LogP contribution in [0, 0.1) is 0 Å². The monoisotopic (exact) mass is 398 g/mol. The van der Waals surface area contributed by atoms with Gasteiger partial charge in [0.25, 0.3) is 5.91 Å². The molecule has 0 aromatic heterocycles. The number of hydrogen-bond donors (Lipinski definition) is 1. The Morgan fingerprint density at radius 1 is 0.931 bits per heavy atom. The molecular weight excluding hydrogens is 364 g/mol. The van der Waals surface area contributed by atoms with Crippen molar-refractivity contribution in [2.24, 2.45) is 0 Å². The van der Waals surface area contributed by atoms with E-state index < -0.39 is 6.04 Å². The van der Waals surface area contributed by atoms with Crippen molar-refractivity contribution in [1.29, 1.82) is 0 Å². The summed E-state index contributed by atoms with van der Waals surface area (Å²) in [5.74, 6) is -0.0532. The Labute approximate surface area is 174 Å². The van der Waals surface area contributed by atoms with Crippen LogP contribution in [0.25, 0.3) is 0 Å². The van der Waals surface area contributed by atoms with Crippen molar-refractivity contribution in [2.45, 2.75) is 70.1 Å². The van der Waals surface area contributed by atoms with Gasteiger partial charge in [0.05, 0.1) is 0 Å². The molecular formula is C23H34N4O2. The first-order chi connectivity index (χ1) is 14.0. The minimum absolute atomic E-state index is 0.0373. The van der Waals surface area contributed by atoms with E-state index in [4.69, 9.17) is 0 Å². The smallest absolute Gasteiger partial charge is 0.325 e. The van der Waals surface area contributed by atoms with E-state index in [2.05, 4.69) is 29.0 Å². The van der Waals surface area contributed by atoms with Crippen molar-refractivity contribution >= 4 is 11.9 Å². The van der Waals surface area contributed by atoms with Crippen molar-refractivity contribution in [3.05, 3.63) is 35.9 Å². The summed E-state index contributed by atoms with van der Waals surface area (Å²) in [6.07, 6.45) is 4.80. The maximum Gasteiger partial charge on any atom is 0.325 e. The lowest BCUT2D eigenvalue weighted by atomic mass is 9.96. The van der Waals surface area contributed by atoms with Crippen molar-refractivity contribution in [3.63, 3.8) is 0 Å². The molecule has 3 aliphatic rings. The number of likely N-dealkylation sites (tertiary alicyclic amines) is 2. The highest BCUT2D eigenvalue weighted by atomic mass is 16.2. The highest BCUT2D eigenvalue weighted by Crippen LogP contribution is 2.26. The average molecular weight is 399 g/mol. The first kappa shape index (κ1) is 20.4. The number of urea groups is 1. The number of carbonyl (C=O) groups is 2. The Morgan fingerprint density at radius 2 is 1.55 bits per heavy atom. The van der Waals surface area contributed by atoms with Crippen LogP contribution in [0.4, 0.5) is 4.79 Å². The second-order valence-electron chi connectivity index (χ2n) is 9.03. The highest BCUT2D eigenvalue weighted by molar-refractivity contribution is 6.04. The van der Waals surface area contributed by atoms with Crippen molar-refractivity contribution in [3.8, 4) is 0 Å². The molecule has 3 fully saturated rings. The van der Waals surface area contributed by atoms with E-state index in [0.717, 1.165) is 31.5 Å². The molecule has 0 spiro atoms. The third kappa shape index (κ3) is 4.48. The number of amides is 3. The minimum atomic E-state index is -0.428. The van der Waals surface area contributed by atoms with Crippen molar-refractivity contribution < 1.29 is 9.59 Å². The number of benzene rings is 1. The van der Waals surface area contributed by atoms with E-state index in [9.17, 15) is 9.59 Å². The van der Waals surface area contributed by atoms with Gasteiger partial charge in [0.15, 0.2) is 0 Å². The lowest BCUT2D eigenvalue weighted by molar-refractivity contribution is -0.129. The first-order valence-electron chi connectivity index (χ1n) is 11.2. The third-order valence-electron chi connectivity index (χ3n) is 6.94. The number of rotatable bonds is 5. The summed E-state index contributed by atoms with van der Waals surface area (Å²) in [7, 11) is 0. The van der Waals surface area contributed by atoms with Crippen LogP contribution in [0.5, 0.6) is 0 Å². The van der Waals surface area contributed by atoms with E-state index in [1.165, 1.54) is 30.8 Å². The summed E-state index contributed by atoms with van der Waals surface area (Å²) < 4.78 is 0. The molecule has 0 saturated carbocycles. The van der Waals surface area contributed by atoms with Crippen LogP contribution in [0.3, 0.4) is 0 Å². The Balaban J connectivity index is 1.29. The van der Waals surface area contributed by atoms with Crippen LogP contribution in [0.1, 0.15) is 45.1 Å². The molecule has 0 aliphatic carbocycles. The average Bonchev–Trinajstić information content (AvgIpc) is 3.02. The summed E-state index contributed by atoms with van der Waals surface area (Å²) in [5, 5.41) is 2.91. The maximum absolute atomic E-state index is 12.9. The number of nitrogens with zero attached hydrogens (tertiary/aromatic N) is 3. The quantitative estimate of drug-likeness (QED) is 0.775. The Kier molecular flexibility index (Phi) is 6.20. The number of nitrogens with one attached hydrogen (secondary N) is 1. The predicted molar refractivity (Wildman–Crippen MR) is 114 cm³/mol. The van der Waals surface area contributed by atoms with Crippen LogP contribution < -0.4 is 5.32 Å². The molecule has 0 bridgehead atoms. The standard InChI is InChI=1S/C23H34N4O2/c1-17(2)25-12-8-19(9-13-25)26-14-10-20(11-15-26)27-22(28)21(24-23(27)29)16-18-6-4-3-5-7-18/h3-7,17,19-21H,8-16H2,1-2H3,(H,24,29). The molecule has 158 valence electrons. The van der Waals surface area contributed by atoms with Gasteiger partial charge in [0.2, 0.25) is 0 Å². The normalized spacial score (nSPS) is 25.8.